The van der Waals surface area contributed by atoms with Gasteiger partial charge >= 0.3 is 0 Å². The summed E-state index contributed by atoms with van der Waals surface area (Å²) in [5.74, 6) is 0.446. The number of halogens is 1. The molecule has 0 radical (unpaired) electrons. The van der Waals surface area contributed by atoms with Crippen molar-refractivity contribution >= 4 is 11.6 Å². The van der Waals surface area contributed by atoms with Gasteiger partial charge in [-0.25, -0.2) is 0 Å². The lowest BCUT2D eigenvalue weighted by Gasteiger charge is -2.32. The molecule has 1 aliphatic heterocycles. The van der Waals surface area contributed by atoms with Crippen molar-refractivity contribution in [2.75, 3.05) is 26.3 Å². The summed E-state index contributed by atoms with van der Waals surface area (Å²) >= 11 is 6.20. The van der Waals surface area contributed by atoms with Crippen LogP contribution in [0.25, 0.3) is 0 Å². The van der Waals surface area contributed by atoms with Crippen molar-refractivity contribution in [3.05, 3.63) is 23.9 Å². The normalized spacial score (nSPS) is 33.0. The molecular weight excluding hydrogens is 198 g/mol. The van der Waals surface area contributed by atoms with E-state index < -0.39 is 0 Å². The highest BCUT2D eigenvalue weighted by Crippen LogP contribution is 2.23. The number of hydrogen-bond acceptors (Lipinski definition) is 2. The largest absolute Gasteiger partial charge is 0.378 e. The maximum Gasteiger partial charge on any atom is 0.0642 e. The molecule has 1 saturated heterocycles. The van der Waals surface area contributed by atoms with Gasteiger partial charge in [0.1, 0.15) is 0 Å². The number of alkyl halides is 1. The van der Waals surface area contributed by atoms with Gasteiger partial charge in [0, 0.05) is 18.8 Å². The van der Waals surface area contributed by atoms with E-state index in [1.54, 1.807) is 0 Å². The second kappa shape index (κ2) is 4.37. The summed E-state index contributed by atoms with van der Waals surface area (Å²) in [6.45, 7) is 5.75. The SMILES string of the molecule is CC1C=CC(N2CCOCC2)=CC1Cl. The van der Waals surface area contributed by atoms with E-state index in [9.17, 15) is 0 Å². The van der Waals surface area contributed by atoms with E-state index in [1.165, 1.54) is 5.70 Å². The van der Waals surface area contributed by atoms with Gasteiger partial charge in [-0.1, -0.05) is 13.0 Å². The quantitative estimate of drug-likeness (QED) is 0.618. The van der Waals surface area contributed by atoms with Crippen molar-refractivity contribution < 1.29 is 4.74 Å². The maximum absolute atomic E-state index is 6.20. The van der Waals surface area contributed by atoms with Gasteiger partial charge in [0.15, 0.2) is 0 Å². The van der Waals surface area contributed by atoms with Crippen LogP contribution in [0.15, 0.2) is 23.9 Å². The molecule has 0 N–H and O–H groups in total. The van der Waals surface area contributed by atoms with E-state index in [2.05, 4.69) is 30.1 Å². The van der Waals surface area contributed by atoms with Crippen LogP contribution in [-0.2, 0) is 4.74 Å². The van der Waals surface area contributed by atoms with Crippen molar-refractivity contribution in [3.8, 4) is 0 Å². The number of nitrogens with zero attached hydrogens (tertiary/aromatic N) is 1. The number of rotatable bonds is 1. The van der Waals surface area contributed by atoms with Gasteiger partial charge in [0.25, 0.3) is 0 Å². The summed E-state index contributed by atoms with van der Waals surface area (Å²) in [6.07, 6.45) is 6.51. The van der Waals surface area contributed by atoms with Gasteiger partial charge < -0.3 is 9.64 Å². The first-order valence-corrected chi connectivity index (χ1v) is 5.58. The number of ether oxygens (including phenoxy) is 1. The summed E-state index contributed by atoms with van der Waals surface area (Å²) in [5, 5.41) is 0.137. The van der Waals surface area contributed by atoms with Crippen molar-refractivity contribution in [2.45, 2.75) is 12.3 Å². The molecule has 2 unspecified atom stereocenters. The van der Waals surface area contributed by atoms with Gasteiger partial charge in [-0.3, -0.25) is 0 Å². The predicted molar refractivity (Wildman–Crippen MR) is 58.4 cm³/mol. The molecule has 0 spiro atoms. The highest BCUT2D eigenvalue weighted by Gasteiger charge is 2.18. The van der Waals surface area contributed by atoms with Gasteiger partial charge in [-0.2, -0.15) is 0 Å². The Morgan fingerprint density at radius 3 is 2.79 bits per heavy atom. The van der Waals surface area contributed by atoms with Crippen LogP contribution in [0.1, 0.15) is 6.92 Å². The molecule has 0 amide bonds. The number of hydrogen-bond donors (Lipinski definition) is 0. The topological polar surface area (TPSA) is 12.5 Å². The van der Waals surface area contributed by atoms with Gasteiger partial charge in [-0.05, 0) is 18.1 Å². The summed E-state index contributed by atoms with van der Waals surface area (Å²) in [6, 6.07) is 0. The summed E-state index contributed by atoms with van der Waals surface area (Å²) in [7, 11) is 0. The minimum absolute atomic E-state index is 0.137. The molecule has 0 aromatic rings. The van der Waals surface area contributed by atoms with Crippen LogP contribution in [0.5, 0.6) is 0 Å². The molecule has 2 nitrogen and oxygen atoms in total. The molecule has 2 atom stereocenters. The van der Waals surface area contributed by atoms with Gasteiger partial charge in [-0.15, -0.1) is 11.6 Å². The fourth-order valence-corrected chi connectivity index (χ4v) is 1.97. The molecule has 0 saturated carbocycles. The Balaban J connectivity index is 2.03. The third kappa shape index (κ3) is 2.12. The second-order valence-corrected chi connectivity index (χ2v) is 4.36. The molecular formula is C11H16ClNO. The highest BCUT2D eigenvalue weighted by atomic mass is 35.5. The van der Waals surface area contributed by atoms with Crippen LogP contribution in [-0.4, -0.2) is 36.6 Å². The molecule has 2 rings (SSSR count). The molecule has 0 bridgehead atoms. The lowest BCUT2D eigenvalue weighted by molar-refractivity contribution is 0.0550. The molecule has 0 aromatic heterocycles. The average molecular weight is 214 g/mol. The monoisotopic (exact) mass is 213 g/mol. The Kier molecular flexibility index (Phi) is 3.14. The molecule has 14 heavy (non-hydrogen) atoms. The summed E-state index contributed by atoms with van der Waals surface area (Å²) in [4.78, 5) is 2.33. The summed E-state index contributed by atoms with van der Waals surface area (Å²) in [5.41, 5.74) is 1.26. The third-order valence-electron chi connectivity index (χ3n) is 2.78. The van der Waals surface area contributed by atoms with Crippen LogP contribution < -0.4 is 0 Å². The first-order valence-electron chi connectivity index (χ1n) is 5.14. The van der Waals surface area contributed by atoms with E-state index >= 15 is 0 Å². The lowest BCUT2D eigenvalue weighted by Crippen LogP contribution is -2.36. The van der Waals surface area contributed by atoms with Crippen LogP contribution in [0.4, 0.5) is 0 Å². The number of allylic oxidation sites excluding steroid dienone is 3. The Labute approximate surface area is 90.2 Å². The van der Waals surface area contributed by atoms with Crippen molar-refractivity contribution in [1.82, 2.24) is 4.90 Å². The molecule has 2 aliphatic rings. The smallest absolute Gasteiger partial charge is 0.0642 e. The maximum atomic E-state index is 6.20. The molecule has 1 fully saturated rings. The van der Waals surface area contributed by atoms with Crippen molar-refractivity contribution in [1.29, 1.82) is 0 Å². The van der Waals surface area contributed by atoms with E-state index in [0.717, 1.165) is 26.3 Å². The fraction of sp³-hybridized carbons (Fsp3) is 0.636. The third-order valence-corrected chi connectivity index (χ3v) is 3.30. The number of morpholine rings is 1. The molecule has 1 heterocycles. The van der Waals surface area contributed by atoms with Crippen molar-refractivity contribution in [3.63, 3.8) is 0 Å². The highest BCUT2D eigenvalue weighted by molar-refractivity contribution is 6.22. The predicted octanol–water partition coefficient (Wildman–Crippen LogP) is 2.02. The standard InChI is InChI=1S/C11H16ClNO/c1-9-2-3-10(8-11(9)12)13-4-6-14-7-5-13/h2-3,8-9,11H,4-7H2,1H3. The second-order valence-electron chi connectivity index (χ2n) is 3.85. The fourth-order valence-electron chi connectivity index (χ4n) is 1.76. The summed E-state index contributed by atoms with van der Waals surface area (Å²) < 4.78 is 5.31. The first kappa shape index (κ1) is 10.1. The Morgan fingerprint density at radius 1 is 1.43 bits per heavy atom. The van der Waals surface area contributed by atoms with Gasteiger partial charge in [0.05, 0.1) is 18.6 Å². The molecule has 3 heteroatoms. The van der Waals surface area contributed by atoms with Gasteiger partial charge in [0.2, 0.25) is 0 Å². The Bertz CT molecular complexity index is 256. The lowest BCUT2D eigenvalue weighted by atomic mass is 10.0. The molecule has 1 aliphatic carbocycles. The minimum atomic E-state index is 0.137. The van der Waals surface area contributed by atoms with Crippen LogP contribution in [0, 0.1) is 5.92 Å². The zero-order chi connectivity index (χ0) is 9.97. The van der Waals surface area contributed by atoms with E-state index in [4.69, 9.17) is 16.3 Å². The molecule has 0 aromatic carbocycles. The van der Waals surface area contributed by atoms with Crippen LogP contribution >= 0.6 is 11.6 Å². The average Bonchev–Trinajstić information content (AvgIpc) is 2.23. The van der Waals surface area contributed by atoms with Crippen molar-refractivity contribution in [2.24, 2.45) is 5.92 Å². The van der Waals surface area contributed by atoms with E-state index in [0.29, 0.717) is 5.92 Å². The minimum Gasteiger partial charge on any atom is -0.378 e. The van der Waals surface area contributed by atoms with E-state index in [-0.39, 0.29) is 5.38 Å². The first-order chi connectivity index (χ1) is 6.77. The van der Waals surface area contributed by atoms with Crippen LogP contribution in [0.2, 0.25) is 0 Å². The van der Waals surface area contributed by atoms with Crippen LogP contribution in [0.3, 0.4) is 0 Å². The zero-order valence-corrected chi connectivity index (χ0v) is 9.20. The molecule has 78 valence electrons. The van der Waals surface area contributed by atoms with E-state index in [1.807, 2.05) is 0 Å². The Morgan fingerprint density at radius 2 is 2.14 bits per heavy atom. The Hall–Kier alpha value is -0.470. The zero-order valence-electron chi connectivity index (χ0n) is 8.45.